The number of hydrogen-bond donors (Lipinski definition) is 1. The molecule has 5 rings (SSSR count). The monoisotopic (exact) mass is 589 g/mol. The van der Waals surface area contributed by atoms with Gasteiger partial charge in [-0.05, 0) is 98.0 Å². The first-order valence-electron chi connectivity index (χ1n) is 13.5. The van der Waals surface area contributed by atoms with Crippen LogP contribution in [0.5, 0.6) is 0 Å². The topological polar surface area (TPSA) is 97.7 Å². The number of thiophene rings is 1. The van der Waals surface area contributed by atoms with Crippen molar-refractivity contribution in [2.45, 2.75) is 53.9 Å². The quantitative estimate of drug-likeness (QED) is 0.138. The minimum absolute atomic E-state index is 0.0562. The number of carbonyl (C=O) groups is 1. The molecule has 2 aromatic carbocycles. The Hall–Kier alpha value is -3.75. The van der Waals surface area contributed by atoms with Crippen LogP contribution in [0.25, 0.3) is 11.3 Å². The fraction of sp³-hybridized carbons (Fsp3) is 0.312. The molecule has 0 unspecified atom stereocenters. The van der Waals surface area contributed by atoms with Crippen LogP contribution in [0.2, 0.25) is 5.02 Å². The van der Waals surface area contributed by atoms with Crippen LogP contribution >= 0.6 is 22.9 Å². The van der Waals surface area contributed by atoms with Crippen LogP contribution in [0.1, 0.15) is 64.9 Å². The Kier molecular flexibility index (Phi) is 7.90. The number of nitro benzene ring substituents is 1. The minimum Gasteiger partial charge on any atom is -0.455 e. The molecular formula is C32H32ClN3O4S. The van der Waals surface area contributed by atoms with Gasteiger partial charge in [0.1, 0.15) is 16.5 Å². The third kappa shape index (κ3) is 6.14. The summed E-state index contributed by atoms with van der Waals surface area (Å²) < 4.78 is 6.01. The summed E-state index contributed by atoms with van der Waals surface area (Å²) in [5.41, 5.74) is 4.63. The third-order valence-electron chi connectivity index (χ3n) is 7.86. The Balaban J connectivity index is 1.47. The number of nitrogens with zero attached hydrogens (tertiary/aromatic N) is 2. The zero-order chi connectivity index (χ0) is 29.5. The lowest BCUT2D eigenvalue weighted by molar-refractivity contribution is -0.385. The number of fused-ring (bicyclic) bond motifs is 1. The Morgan fingerprint density at radius 3 is 2.59 bits per heavy atom. The number of carbonyl (C=O) groups excluding carboxylic acids is 1. The lowest BCUT2D eigenvalue weighted by Crippen LogP contribution is -2.27. The van der Waals surface area contributed by atoms with E-state index in [-0.39, 0.29) is 21.9 Å². The van der Waals surface area contributed by atoms with Crippen LogP contribution in [0, 0.1) is 35.3 Å². The summed E-state index contributed by atoms with van der Waals surface area (Å²) in [6.07, 6.45) is 4.36. The summed E-state index contributed by atoms with van der Waals surface area (Å²) in [7, 11) is 0. The van der Waals surface area contributed by atoms with Gasteiger partial charge in [0, 0.05) is 32.8 Å². The van der Waals surface area contributed by atoms with Crippen LogP contribution in [-0.4, -0.2) is 17.0 Å². The van der Waals surface area contributed by atoms with Crippen molar-refractivity contribution in [1.29, 1.82) is 0 Å². The van der Waals surface area contributed by atoms with E-state index in [1.165, 1.54) is 10.9 Å². The first-order valence-corrected chi connectivity index (χ1v) is 14.7. The summed E-state index contributed by atoms with van der Waals surface area (Å²) >= 11 is 7.58. The van der Waals surface area contributed by atoms with Gasteiger partial charge in [-0.2, -0.15) is 0 Å². The van der Waals surface area contributed by atoms with Gasteiger partial charge in [0.2, 0.25) is 0 Å². The van der Waals surface area contributed by atoms with Crippen LogP contribution in [0.15, 0.2) is 57.9 Å². The number of amides is 1. The van der Waals surface area contributed by atoms with Gasteiger partial charge < -0.3 is 9.73 Å². The molecule has 0 bridgehead atoms. The number of halogens is 1. The van der Waals surface area contributed by atoms with Gasteiger partial charge in [-0.3, -0.25) is 14.9 Å². The molecule has 2 aromatic heterocycles. The molecule has 212 valence electrons. The zero-order valence-electron chi connectivity index (χ0n) is 23.7. The van der Waals surface area contributed by atoms with E-state index in [1.807, 2.05) is 13.0 Å². The Morgan fingerprint density at radius 1 is 1.17 bits per heavy atom. The Bertz CT molecular complexity index is 1660. The number of benzene rings is 2. The molecule has 0 spiro atoms. The summed E-state index contributed by atoms with van der Waals surface area (Å²) in [5.74, 6) is 1.32. The van der Waals surface area contributed by atoms with Gasteiger partial charge >= 0.3 is 0 Å². The van der Waals surface area contributed by atoms with Gasteiger partial charge in [-0.25, -0.2) is 4.99 Å². The van der Waals surface area contributed by atoms with Crippen LogP contribution in [-0.2, 0) is 12.8 Å². The number of hydrogen-bond acceptors (Lipinski definition) is 6. The summed E-state index contributed by atoms with van der Waals surface area (Å²) in [5, 5.41) is 15.8. The molecule has 0 fully saturated rings. The third-order valence-corrected chi connectivity index (χ3v) is 9.27. The van der Waals surface area contributed by atoms with Crippen molar-refractivity contribution in [2.75, 3.05) is 5.32 Å². The largest absolute Gasteiger partial charge is 0.455 e. The normalized spacial score (nSPS) is 15.2. The van der Waals surface area contributed by atoms with E-state index in [1.54, 1.807) is 60.9 Å². The van der Waals surface area contributed by atoms with Crippen molar-refractivity contribution < 1.29 is 14.1 Å². The second kappa shape index (κ2) is 11.3. The van der Waals surface area contributed by atoms with E-state index >= 15 is 0 Å². The number of anilines is 1. The fourth-order valence-corrected chi connectivity index (χ4v) is 6.63. The molecule has 1 aliphatic carbocycles. The molecule has 1 amide bonds. The SMILES string of the molecule is Cc1cc(-c2ccc(C=Nc3sc4c(c3C(=O)Nc3ccc(Cl)cc3)CC[C@@H](C(C)(C)C)C4)o2)cc([N+](=O)[O-])c1C. The average Bonchev–Trinajstić information content (AvgIpc) is 3.53. The molecule has 1 aliphatic rings. The average molecular weight is 590 g/mol. The summed E-state index contributed by atoms with van der Waals surface area (Å²) in [6, 6.07) is 14.0. The second-order valence-electron chi connectivity index (χ2n) is 11.6. The van der Waals surface area contributed by atoms with Crippen molar-refractivity contribution in [3.05, 3.63) is 96.6 Å². The molecule has 0 saturated heterocycles. The minimum atomic E-state index is -0.378. The van der Waals surface area contributed by atoms with E-state index in [2.05, 4.69) is 26.1 Å². The van der Waals surface area contributed by atoms with Crippen LogP contribution < -0.4 is 5.32 Å². The van der Waals surface area contributed by atoms with E-state index in [0.29, 0.717) is 49.8 Å². The maximum Gasteiger partial charge on any atom is 0.273 e. The van der Waals surface area contributed by atoms with Gasteiger partial charge in [0.05, 0.1) is 16.7 Å². The molecule has 1 N–H and O–H groups in total. The molecule has 0 radical (unpaired) electrons. The standard InChI is InChI=1S/C32H32ClN3O4S/c1-18-14-20(15-26(19(18)2)36(38)39)27-13-11-24(40-27)17-34-31-29(30(37)35-23-9-7-22(33)8-10-23)25-12-6-21(32(3,4)5)16-28(25)41-31/h7-11,13-15,17,21H,6,12,16H2,1-5H3,(H,35,37)/t21-/m1/s1. The number of rotatable bonds is 6. The molecule has 0 aliphatic heterocycles. The first kappa shape index (κ1) is 28.8. The lowest BCUT2D eigenvalue weighted by atomic mass is 9.72. The Labute approximate surface area is 248 Å². The number of nitrogens with one attached hydrogen (secondary N) is 1. The highest BCUT2D eigenvalue weighted by Crippen LogP contribution is 2.45. The maximum atomic E-state index is 13.6. The molecule has 2 heterocycles. The predicted molar refractivity (Wildman–Crippen MR) is 166 cm³/mol. The predicted octanol–water partition coefficient (Wildman–Crippen LogP) is 9.34. The van der Waals surface area contributed by atoms with Crippen molar-refractivity contribution in [1.82, 2.24) is 0 Å². The van der Waals surface area contributed by atoms with Gasteiger partial charge in [-0.15, -0.1) is 11.3 Å². The highest BCUT2D eigenvalue weighted by molar-refractivity contribution is 7.16. The van der Waals surface area contributed by atoms with Crippen LogP contribution in [0.4, 0.5) is 16.4 Å². The smallest absolute Gasteiger partial charge is 0.273 e. The van der Waals surface area contributed by atoms with Crippen molar-refractivity contribution >= 4 is 51.4 Å². The van der Waals surface area contributed by atoms with E-state index < -0.39 is 0 Å². The lowest BCUT2D eigenvalue weighted by Gasteiger charge is -2.33. The van der Waals surface area contributed by atoms with Gasteiger partial charge in [-0.1, -0.05) is 32.4 Å². The Morgan fingerprint density at radius 2 is 1.90 bits per heavy atom. The molecule has 0 saturated carbocycles. The summed E-state index contributed by atoms with van der Waals surface area (Å²) in [6.45, 7) is 10.4. The van der Waals surface area contributed by atoms with E-state index in [0.717, 1.165) is 30.4 Å². The number of aryl methyl sites for hydroxylation is 1. The van der Waals surface area contributed by atoms with E-state index in [9.17, 15) is 14.9 Å². The number of aliphatic imine (C=N–C) groups is 1. The maximum absolute atomic E-state index is 13.6. The summed E-state index contributed by atoms with van der Waals surface area (Å²) in [4.78, 5) is 30.7. The molecule has 7 nitrogen and oxygen atoms in total. The zero-order valence-corrected chi connectivity index (χ0v) is 25.3. The van der Waals surface area contributed by atoms with E-state index in [4.69, 9.17) is 21.0 Å². The fourth-order valence-electron chi connectivity index (χ4n) is 5.23. The first-order chi connectivity index (χ1) is 19.4. The van der Waals surface area contributed by atoms with Crippen molar-refractivity contribution in [3.8, 4) is 11.3 Å². The van der Waals surface area contributed by atoms with Gasteiger partial charge in [0.25, 0.3) is 11.6 Å². The molecule has 41 heavy (non-hydrogen) atoms. The van der Waals surface area contributed by atoms with Crippen molar-refractivity contribution in [2.24, 2.45) is 16.3 Å². The number of nitro groups is 1. The number of furan rings is 1. The molecule has 1 atom stereocenters. The van der Waals surface area contributed by atoms with Crippen LogP contribution in [0.3, 0.4) is 0 Å². The molecule has 9 heteroatoms. The molecule has 4 aromatic rings. The van der Waals surface area contributed by atoms with Crippen molar-refractivity contribution in [3.63, 3.8) is 0 Å². The highest BCUT2D eigenvalue weighted by atomic mass is 35.5. The highest BCUT2D eigenvalue weighted by Gasteiger charge is 2.33. The molecular weight excluding hydrogens is 558 g/mol. The second-order valence-corrected chi connectivity index (χ2v) is 13.1. The van der Waals surface area contributed by atoms with Gasteiger partial charge in [0.15, 0.2) is 0 Å².